The maximum Gasteiger partial charge on any atom is 0.258 e. The molecule has 0 spiro atoms. The second-order valence-electron chi connectivity index (χ2n) is 4.70. The van der Waals surface area contributed by atoms with Gasteiger partial charge in [0.05, 0.1) is 11.6 Å². The predicted octanol–water partition coefficient (Wildman–Crippen LogP) is 2.43. The fourth-order valence-electron chi connectivity index (χ4n) is 2.08. The van der Waals surface area contributed by atoms with Crippen LogP contribution in [0.2, 0.25) is 0 Å². The number of carbonyl (C=O) groups is 1. The number of hydrogen-bond donors (Lipinski definition) is 2. The van der Waals surface area contributed by atoms with E-state index in [1.807, 2.05) is 13.0 Å². The van der Waals surface area contributed by atoms with Gasteiger partial charge in [-0.05, 0) is 48.9 Å². The number of anilines is 2. The van der Waals surface area contributed by atoms with Crippen LogP contribution in [0.4, 0.5) is 11.4 Å². The molecule has 0 unspecified atom stereocenters. The molecule has 5 heteroatoms. The van der Waals surface area contributed by atoms with Gasteiger partial charge in [0.2, 0.25) is 0 Å². The Morgan fingerprint density at radius 2 is 2.05 bits per heavy atom. The number of aryl methyl sites for hydroxylation is 1. The molecular weight excluding hydrogens is 264 g/mol. The third kappa shape index (κ3) is 3.02. The zero-order valence-electron chi connectivity index (χ0n) is 11.9. The van der Waals surface area contributed by atoms with E-state index in [4.69, 9.17) is 11.1 Å². The van der Waals surface area contributed by atoms with E-state index in [2.05, 4.69) is 11.5 Å². The Morgan fingerprint density at radius 1 is 1.29 bits per heavy atom. The van der Waals surface area contributed by atoms with Crippen LogP contribution >= 0.6 is 0 Å². The van der Waals surface area contributed by atoms with E-state index in [-0.39, 0.29) is 5.91 Å². The number of rotatable bonds is 3. The topological polar surface area (TPSA) is 82.2 Å². The third-order valence-corrected chi connectivity index (χ3v) is 3.29. The lowest BCUT2D eigenvalue weighted by atomic mass is 10.1. The van der Waals surface area contributed by atoms with Gasteiger partial charge in [0.25, 0.3) is 5.91 Å². The van der Waals surface area contributed by atoms with Crippen LogP contribution in [0.1, 0.15) is 21.5 Å². The molecule has 0 saturated heterocycles. The van der Waals surface area contributed by atoms with E-state index in [9.17, 15) is 4.79 Å². The molecule has 0 aliphatic heterocycles. The quantitative estimate of drug-likeness (QED) is 0.668. The number of nitrogens with one attached hydrogen (secondary N) is 1. The summed E-state index contributed by atoms with van der Waals surface area (Å²) >= 11 is 0. The Bertz CT molecular complexity index is 718. The van der Waals surface area contributed by atoms with Gasteiger partial charge in [-0.3, -0.25) is 10.6 Å². The first kappa shape index (κ1) is 14.6. The molecule has 0 fully saturated rings. The van der Waals surface area contributed by atoms with Crippen molar-refractivity contribution in [3.63, 3.8) is 0 Å². The standard InChI is InChI=1S/C16H16N4O/c1-11-8-13(19-18)6-7-15(11)16(21)20(2)14-5-3-4-12(9-14)10-17/h3-9,19H,18H2,1-2H3. The van der Waals surface area contributed by atoms with Crippen LogP contribution in [-0.4, -0.2) is 13.0 Å². The Balaban J connectivity index is 2.33. The summed E-state index contributed by atoms with van der Waals surface area (Å²) < 4.78 is 0. The number of nitrogens with zero attached hydrogens (tertiary/aromatic N) is 2. The number of nitrogens with two attached hydrogens (primary N) is 1. The first-order valence-corrected chi connectivity index (χ1v) is 6.42. The fraction of sp³-hybridized carbons (Fsp3) is 0.125. The van der Waals surface area contributed by atoms with Gasteiger partial charge in [-0.25, -0.2) is 0 Å². The van der Waals surface area contributed by atoms with Crippen LogP contribution in [0.15, 0.2) is 42.5 Å². The molecule has 0 bridgehead atoms. The molecule has 0 aliphatic carbocycles. The molecule has 0 atom stereocenters. The lowest BCUT2D eigenvalue weighted by Gasteiger charge is -2.19. The van der Waals surface area contributed by atoms with Crippen molar-refractivity contribution in [1.29, 1.82) is 5.26 Å². The number of carbonyl (C=O) groups excluding carboxylic acids is 1. The second kappa shape index (κ2) is 6.07. The minimum atomic E-state index is -0.133. The van der Waals surface area contributed by atoms with Gasteiger partial charge in [-0.2, -0.15) is 5.26 Å². The highest BCUT2D eigenvalue weighted by Gasteiger charge is 2.16. The maximum absolute atomic E-state index is 12.6. The van der Waals surface area contributed by atoms with Crippen molar-refractivity contribution in [3.8, 4) is 6.07 Å². The predicted molar refractivity (Wildman–Crippen MR) is 82.9 cm³/mol. The van der Waals surface area contributed by atoms with E-state index >= 15 is 0 Å². The van der Waals surface area contributed by atoms with Crippen LogP contribution in [0.3, 0.4) is 0 Å². The van der Waals surface area contributed by atoms with E-state index < -0.39 is 0 Å². The molecule has 106 valence electrons. The fourth-order valence-corrected chi connectivity index (χ4v) is 2.08. The highest BCUT2D eigenvalue weighted by atomic mass is 16.2. The molecule has 2 aromatic rings. The Kier molecular flexibility index (Phi) is 4.21. The van der Waals surface area contributed by atoms with Gasteiger partial charge in [0.15, 0.2) is 0 Å². The number of amides is 1. The third-order valence-electron chi connectivity index (χ3n) is 3.29. The first-order chi connectivity index (χ1) is 10.1. The Labute approximate surface area is 123 Å². The van der Waals surface area contributed by atoms with Crippen molar-refractivity contribution in [3.05, 3.63) is 59.2 Å². The highest BCUT2D eigenvalue weighted by Crippen LogP contribution is 2.20. The number of nitrogen functional groups attached to an aromatic ring is 1. The summed E-state index contributed by atoms with van der Waals surface area (Å²) in [6.07, 6.45) is 0. The van der Waals surface area contributed by atoms with E-state index in [1.54, 1.807) is 43.4 Å². The van der Waals surface area contributed by atoms with Crippen molar-refractivity contribution < 1.29 is 4.79 Å². The van der Waals surface area contributed by atoms with Gasteiger partial charge < -0.3 is 10.3 Å². The molecule has 21 heavy (non-hydrogen) atoms. The van der Waals surface area contributed by atoms with Crippen molar-refractivity contribution >= 4 is 17.3 Å². The van der Waals surface area contributed by atoms with Gasteiger partial charge in [0, 0.05) is 24.0 Å². The minimum Gasteiger partial charge on any atom is -0.324 e. The lowest BCUT2D eigenvalue weighted by molar-refractivity contribution is 0.0992. The molecule has 2 rings (SSSR count). The number of nitriles is 1. The number of hydrogen-bond acceptors (Lipinski definition) is 4. The van der Waals surface area contributed by atoms with Crippen LogP contribution < -0.4 is 16.2 Å². The average molecular weight is 280 g/mol. The largest absolute Gasteiger partial charge is 0.324 e. The normalized spacial score (nSPS) is 9.81. The van der Waals surface area contributed by atoms with Crippen molar-refractivity contribution in [1.82, 2.24) is 0 Å². The van der Waals surface area contributed by atoms with E-state index in [1.165, 1.54) is 4.90 Å². The molecule has 1 amide bonds. The number of benzene rings is 2. The summed E-state index contributed by atoms with van der Waals surface area (Å²) in [5.74, 6) is 5.22. The SMILES string of the molecule is Cc1cc(NN)ccc1C(=O)N(C)c1cccc(C#N)c1. The average Bonchev–Trinajstić information content (AvgIpc) is 2.53. The summed E-state index contributed by atoms with van der Waals surface area (Å²) in [7, 11) is 1.69. The zero-order valence-corrected chi connectivity index (χ0v) is 11.9. The molecule has 3 N–H and O–H groups in total. The van der Waals surface area contributed by atoms with Gasteiger partial charge in [-0.15, -0.1) is 0 Å². The van der Waals surface area contributed by atoms with E-state index in [0.717, 1.165) is 11.3 Å². The highest BCUT2D eigenvalue weighted by molar-refractivity contribution is 6.06. The summed E-state index contributed by atoms with van der Waals surface area (Å²) in [6.45, 7) is 1.85. The molecule has 5 nitrogen and oxygen atoms in total. The van der Waals surface area contributed by atoms with Crippen LogP contribution in [-0.2, 0) is 0 Å². The van der Waals surface area contributed by atoms with Gasteiger partial charge in [-0.1, -0.05) is 6.07 Å². The Hall–Kier alpha value is -2.84. The first-order valence-electron chi connectivity index (χ1n) is 6.42. The van der Waals surface area contributed by atoms with Crippen molar-refractivity contribution in [2.24, 2.45) is 5.84 Å². The summed E-state index contributed by atoms with van der Waals surface area (Å²) in [6, 6.07) is 14.3. The van der Waals surface area contributed by atoms with Crippen LogP contribution in [0.5, 0.6) is 0 Å². The molecule has 0 aromatic heterocycles. The van der Waals surface area contributed by atoms with E-state index in [0.29, 0.717) is 16.8 Å². The summed E-state index contributed by atoms with van der Waals surface area (Å²) in [5.41, 5.74) is 5.93. The van der Waals surface area contributed by atoms with Crippen molar-refractivity contribution in [2.45, 2.75) is 6.92 Å². The molecule has 2 aromatic carbocycles. The molecule has 0 aliphatic rings. The molecule has 0 radical (unpaired) electrons. The van der Waals surface area contributed by atoms with Crippen LogP contribution in [0, 0.1) is 18.3 Å². The lowest BCUT2D eigenvalue weighted by Crippen LogP contribution is -2.27. The molecule has 0 heterocycles. The summed E-state index contributed by atoms with van der Waals surface area (Å²) in [4.78, 5) is 14.1. The number of hydrazine groups is 1. The molecular formula is C16H16N4O. The van der Waals surface area contributed by atoms with Gasteiger partial charge >= 0.3 is 0 Å². The smallest absolute Gasteiger partial charge is 0.258 e. The summed E-state index contributed by atoms with van der Waals surface area (Å²) in [5, 5.41) is 8.93. The van der Waals surface area contributed by atoms with Crippen LogP contribution in [0.25, 0.3) is 0 Å². The molecule has 0 saturated carbocycles. The monoisotopic (exact) mass is 280 g/mol. The maximum atomic E-state index is 12.6. The van der Waals surface area contributed by atoms with Gasteiger partial charge in [0.1, 0.15) is 0 Å². The minimum absolute atomic E-state index is 0.133. The second-order valence-corrected chi connectivity index (χ2v) is 4.70. The van der Waals surface area contributed by atoms with Crippen molar-refractivity contribution in [2.75, 3.05) is 17.4 Å². The Morgan fingerprint density at radius 3 is 2.67 bits per heavy atom. The zero-order chi connectivity index (χ0) is 15.4.